The third-order valence-corrected chi connectivity index (χ3v) is 3.70. The fourth-order valence-electron chi connectivity index (χ4n) is 2.48. The molecule has 0 spiro atoms. The van der Waals surface area contributed by atoms with Crippen molar-refractivity contribution >= 4 is 23.3 Å². The molecule has 23 heavy (non-hydrogen) atoms. The van der Waals surface area contributed by atoms with Gasteiger partial charge in [-0.2, -0.15) is 5.10 Å². The van der Waals surface area contributed by atoms with Gasteiger partial charge in [-0.15, -0.1) is 0 Å². The lowest BCUT2D eigenvalue weighted by molar-refractivity contribution is 0.0692. The zero-order valence-corrected chi connectivity index (χ0v) is 12.7. The van der Waals surface area contributed by atoms with Gasteiger partial charge in [-0.05, 0) is 18.2 Å². The number of amides is 1. The Balaban J connectivity index is 1.88. The van der Waals surface area contributed by atoms with Crippen molar-refractivity contribution in [1.82, 2.24) is 9.78 Å². The zero-order chi connectivity index (χ0) is 16.6. The van der Waals surface area contributed by atoms with Gasteiger partial charge < -0.3 is 20.1 Å². The van der Waals surface area contributed by atoms with Gasteiger partial charge in [0.15, 0.2) is 0 Å². The molecule has 1 aliphatic rings. The lowest BCUT2D eigenvalue weighted by atomic mass is 10.2. The van der Waals surface area contributed by atoms with E-state index in [4.69, 9.17) is 9.84 Å². The SMILES string of the molecule is CN1CCOc2ccc(NC(=O)c3c(C(=O)O)cnn3C)cc21. The molecule has 3 rings (SSSR count). The first kappa shape index (κ1) is 14.9. The van der Waals surface area contributed by atoms with Crippen molar-refractivity contribution < 1.29 is 19.4 Å². The molecule has 0 saturated carbocycles. The average Bonchev–Trinajstić information content (AvgIpc) is 2.90. The number of ether oxygens (including phenoxy) is 1. The summed E-state index contributed by atoms with van der Waals surface area (Å²) in [6.07, 6.45) is 1.16. The van der Waals surface area contributed by atoms with E-state index in [0.717, 1.165) is 24.2 Å². The predicted octanol–water partition coefficient (Wildman–Crippen LogP) is 1.20. The normalized spacial score (nSPS) is 13.2. The number of nitrogens with one attached hydrogen (secondary N) is 1. The van der Waals surface area contributed by atoms with E-state index in [0.29, 0.717) is 12.3 Å². The van der Waals surface area contributed by atoms with Gasteiger partial charge in [0.05, 0.1) is 18.4 Å². The number of carboxylic acids is 1. The van der Waals surface area contributed by atoms with Crippen LogP contribution in [0.2, 0.25) is 0 Å². The highest BCUT2D eigenvalue weighted by molar-refractivity contribution is 6.09. The minimum absolute atomic E-state index is 0.000162. The Morgan fingerprint density at radius 1 is 1.35 bits per heavy atom. The van der Waals surface area contributed by atoms with Crippen LogP contribution >= 0.6 is 0 Å². The first-order valence-electron chi connectivity index (χ1n) is 7.02. The monoisotopic (exact) mass is 316 g/mol. The molecule has 0 saturated heterocycles. The van der Waals surface area contributed by atoms with Crippen molar-refractivity contribution in [3.63, 3.8) is 0 Å². The fourth-order valence-corrected chi connectivity index (χ4v) is 2.48. The number of anilines is 2. The summed E-state index contributed by atoms with van der Waals surface area (Å²) in [5, 5.41) is 15.7. The summed E-state index contributed by atoms with van der Waals surface area (Å²) in [4.78, 5) is 25.6. The van der Waals surface area contributed by atoms with Crippen molar-refractivity contribution in [2.45, 2.75) is 0 Å². The molecule has 1 aromatic heterocycles. The molecule has 1 aromatic carbocycles. The summed E-state index contributed by atoms with van der Waals surface area (Å²) in [5.74, 6) is -0.966. The molecule has 2 N–H and O–H groups in total. The Morgan fingerprint density at radius 3 is 2.87 bits per heavy atom. The van der Waals surface area contributed by atoms with Crippen molar-refractivity contribution in [1.29, 1.82) is 0 Å². The van der Waals surface area contributed by atoms with Gasteiger partial charge in [0, 0.05) is 19.8 Å². The Labute approximate surface area is 132 Å². The first-order valence-corrected chi connectivity index (χ1v) is 7.02. The smallest absolute Gasteiger partial charge is 0.339 e. The van der Waals surface area contributed by atoms with Gasteiger partial charge in [0.25, 0.3) is 5.91 Å². The van der Waals surface area contributed by atoms with Crippen LogP contribution in [-0.2, 0) is 7.05 Å². The van der Waals surface area contributed by atoms with Crippen LogP contribution in [0.3, 0.4) is 0 Å². The summed E-state index contributed by atoms with van der Waals surface area (Å²) >= 11 is 0. The molecule has 0 radical (unpaired) electrons. The van der Waals surface area contributed by atoms with Crippen molar-refractivity contribution in [3.8, 4) is 5.75 Å². The zero-order valence-electron chi connectivity index (χ0n) is 12.7. The lowest BCUT2D eigenvalue weighted by Gasteiger charge is -2.28. The van der Waals surface area contributed by atoms with Gasteiger partial charge in [-0.25, -0.2) is 4.79 Å². The number of rotatable bonds is 3. The molecular formula is C15H16N4O4. The lowest BCUT2D eigenvalue weighted by Crippen LogP contribution is -2.29. The third kappa shape index (κ3) is 2.70. The molecule has 0 bridgehead atoms. The van der Waals surface area contributed by atoms with E-state index in [1.807, 2.05) is 11.9 Å². The number of carboxylic acid groups (broad SMARTS) is 1. The van der Waals surface area contributed by atoms with Gasteiger partial charge in [0.1, 0.15) is 23.6 Å². The molecule has 8 heteroatoms. The third-order valence-electron chi connectivity index (χ3n) is 3.70. The maximum atomic E-state index is 12.4. The van der Waals surface area contributed by atoms with Crippen LogP contribution in [0.25, 0.3) is 0 Å². The Bertz CT molecular complexity index is 784. The topological polar surface area (TPSA) is 96.7 Å². The van der Waals surface area contributed by atoms with Crippen LogP contribution in [0.15, 0.2) is 24.4 Å². The van der Waals surface area contributed by atoms with E-state index in [9.17, 15) is 9.59 Å². The predicted molar refractivity (Wildman–Crippen MR) is 83.3 cm³/mol. The second kappa shape index (κ2) is 5.64. The quantitative estimate of drug-likeness (QED) is 0.883. The van der Waals surface area contributed by atoms with E-state index in [-0.39, 0.29) is 11.3 Å². The van der Waals surface area contributed by atoms with Crippen LogP contribution in [0.5, 0.6) is 5.75 Å². The number of aromatic nitrogens is 2. The van der Waals surface area contributed by atoms with Crippen molar-refractivity contribution in [2.75, 3.05) is 30.4 Å². The molecule has 2 heterocycles. The number of hydrogen-bond donors (Lipinski definition) is 2. The molecule has 2 aromatic rings. The van der Waals surface area contributed by atoms with Crippen LogP contribution < -0.4 is 15.0 Å². The second-order valence-electron chi connectivity index (χ2n) is 5.24. The standard InChI is InChI=1S/C15H16N4O4/c1-18-5-6-23-12-4-3-9(7-11(12)18)17-14(20)13-10(15(21)22)8-16-19(13)2/h3-4,7-8H,5-6H2,1-2H3,(H,17,20)(H,21,22). The molecule has 0 fully saturated rings. The number of nitrogens with zero attached hydrogens (tertiary/aromatic N) is 3. The van der Waals surface area contributed by atoms with Crippen LogP contribution in [0, 0.1) is 0 Å². The van der Waals surface area contributed by atoms with E-state index in [1.165, 1.54) is 11.7 Å². The highest BCUT2D eigenvalue weighted by Crippen LogP contribution is 2.33. The summed E-state index contributed by atoms with van der Waals surface area (Å²) in [7, 11) is 3.46. The number of benzene rings is 1. The maximum Gasteiger partial charge on any atom is 0.339 e. The van der Waals surface area contributed by atoms with Gasteiger partial charge in [0.2, 0.25) is 0 Å². The molecular weight excluding hydrogens is 300 g/mol. The van der Waals surface area contributed by atoms with E-state index in [2.05, 4.69) is 10.4 Å². The Morgan fingerprint density at radius 2 is 2.13 bits per heavy atom. The average molecular weight is 316 g/mol. The van der Waals surface area contributed by atoms with Crippen molar-refractivity contribution in [3.05, 3.63) is 35.7 Å². The number of hydrogen-bond acceptors (Lipinski definition) is 5. The Kier molecular flexibility index (Phi) is 3.65. The maximum absolute atomic E-state index is 12.4. The van der Waals surface area contributed by atoms with Gasteiger partial charge in [-0.1, -0.05) is 0 Å². The molecule has 120 valence electrons. The molecule has 0 unspecified atom stereocenters. The summed E-state index contributed by atoms with van der Waals surface area (Å²) < 4.78 is 6.79. The molecule has 0 aliphatic carbocycles. The van der Waals surface area contributed by atoms with E-state index < -0.39 is 11.9 Å². The number of aromatic carboxylic acids is 1. The number of carbonyl (C=O) groups is 2. The Hall–Kier alpha value is -3.03. The number of likely N-dealkylation sites (N-methyl/N-ethyl adjacent to an activating group) is 1. The molecule has 1 aliphatic heterocycles. The van der Waals surface area contributed by atoms with E-state index >= 15 is 0 Å². The number of carbonyl (C=O) groups excluding carboxylic acids is 1. The van der Waals surface area contributed by atoms with Gasteiger partial charge in [-0.3, -0.25) is 9.48 Å². The minimum atomic E-state index is -1.19. The van der Waals surface area contributed by atoms with Crippen molar-refractivity contribution in [2.24, 2.45) is 7.05 Å². The second-order valence-corrected chi connectivity index (χ2v) is 5.24. The first-order chi connectivity index (χ1) is 11.0. The van der Waals surface area contributed by atoms with Gasteiger partial charge >= 0.3 is 5.97 Å². The summed E-state index contributed by atoms with van der Waals surface area (Å²) in [6.45, 7) is 1.38. The van der Waals surface area contributed by atoms with Crippen LogP contribution in [0.4, 0.5) is 11.4 Å². The molecule has 0 atom stereocenters. The van der Waals surface area contributed by atoms with E-state index in [1.54, 1.807) is 18.2 Å². The fraction of sp³-hybridized carbons (Fsp3) is 0.267. The van der Waals surface area contributed by atoms with Crippen LogP contribution in [-0.4, -0.2) is 47.0 Å². The van der Waals surface area contributed by atoms with Crippen LogP contribution in [0.1, 0.15) is 20.8 Å². The number of fused-ring (bicyclic) bond motifs is 1. The highest BCUT2D eigenvalue weighted by Gasteiger charge is 2.22. The minimum Gasteiger partial charge on any atom is -0.490 e. The highest BCUT2D eigenvalue weighted by atomic mass is 16.5. The number of aryl methyl sites for hydroxylation is 1. The summed E-state index contributed by atoms with van der Waals surface area (Å²) in [5.41, 5.74) is 1.30. The largest absolute Gasteiger partial charge is 0.490 e. The molecule has 1 amide bonds. The summed E-state index contributed by atoms with van der Waals surface area (Å²) in [6, 6.07) is 5.29. The molecule has 8 nitrogen and oxygen atoms in total.